The summed E-state index contributed by atoms with van der Waals surface area (Å²) in [6, 6.07) is 0. The zero-order valence-electron chi connectivity index (χ0n) is 6.90. The van der Waals surface area contributed by atoms with Gasteiger partial charge in [0, 0.05) is 14.1 Å². The fourth-order valence-corrected chi connectivity index (χ4v) is 0.398. The van der Waals surface area contributed by atoms with E-state index in [4.69, 9.17) is 10.0 Å². The average Bonchev–Trinajstić information content (AvgIpc) is 1.87. The van der Waals surface area contributed by atoms with Gasteiger partial charge in [0.05, 0.1) is 0 Å². The fraction of sp³-hybridized carbons (Fsp3) is 0.500. The summed E-state index contributed by atoms with van der Waals surface area (Å²) in [5, 5.41) is 17.1. The SMILES string of the molecule is C/C(=C/C(=O)N(C)C)B(O)O. The van der Waals surface area contributed by atoms with Crippen LogP contribution in [-0.4, -0.2) is 42.1 Å². The summed E-state index contributed by atoms with van der Waals surface area (Å²) in [6.45, 7) is 1.48. The lowest BCUT2D eigenvalue weighted by Crippen LogP contribution is -2.22. The van der Waals surface area contributed by atoms with E-state index in [-0.39, 0.29) is 11.4 Å². The molecule has 0 unspecified atom stereocenters. The highest BCUT2D eigenvalue weighted by Crippen LogP contribution is 1.94. The van der Waals surface area contributed by atoms with E-state index in [2.05, 4.69) is 0 Å². The van der Waals surface area contributed by atoms with E-state index in [0.717, 1.165) is 0 Å². The molecule has 0 rings (SSSR count). The highest BCUT2D eigenvalue weighted by Gasteiger charge is 2.11. The summed E-state index contributed by atoms with van der Waals surface area (Å²) in [5.41, 5.74) is 0.240. The molecule has 0 aromatic carbocycles. The Morgan fingerprint density at radius 1 is 1.45 bits per heavy atom. The van der Waals surface area contributed by atoms with E-state index in [1.807, 2.05) is 0 Å². The minimum Gasteiger partial charge on any atom is -0.423 e. The molecule has 62 valence electrons. The van der Waals surface area contributed by atoms with Crippen molar-refractivity contribution < 1.29 is 14.8 Å². The van der Waals surface area contributed by atoms with Crippen molar-refractivity contribution in [2.75, 3.05) is 14.1 Å². The van der Waals surface area contributed by atoms with Crippen LogP contribution in [-0.2, 0) is 4.79 Å². The van der Waals surface area contributed by atoms with Crippen LogP contribution in [0.1, 0.15) is 6.92 Å². The molecule has 1 amide bonds. The second-order valence-corrected chi connectivity index (χ2v) is 2.49. The van der Waals surface area contributed by atoms with E-state index < -0.39 is 7.12 Å². The first kappa shape index (κ1) is 10.2. The van der Waals surface area contributed by atoms with Gasteiger partial charge < -0.3 is 14.9 Å². The molecule has 2 N–H and O–H groups in total. The summed E-state index contributed by atoms with van der Waals surface area (Å²) in [4.78, 5) is 12.2. The molecule has 0 aliphatic carbocycles. The van der Waals surface area contributed by atoms with Crippen molar-refractivity contribution in [3.8, 4) is 0 Å². The minimum atomic E-state index is -1.54. The van der Waals surface area contributed by atoms with E-state index >= 15 is 0 Å². The maximum atomic E-state index is 10.9. The maximum absolute atomic E-state index is 10.9. The Kier molecular flexibility index (Phi) is 3.85. The second-order valence-electron chi connectivity index (χ2n) is 2.49. The van der Waals surface area contributed by atoms with Gasteiger partial charge in [0.15, 0.2) is 0 Å². The van der Waals surface area contributed by atoms with Gasteiger partial charge in [-0.2, -0.15) is 0 Å². The standard InChI is InChI=1S/C6H12BNO3/c1-5(7(10)11)4-6(9)8(2)3/h4,10-11H,1-3H3/b5-4-. The molecule has 5 heteroatoms. The first-order chi connectivity index (χ1) is 4.95. The number of hydrogen-bond donors (Lipinski definition) is 2. The molecule has 0 saturated heterocycles. The summed E-state index contributed by atoms with van der Waals surface area (Å²) in [6.07, 6.45) is 1.19. The maximum Gasteiger partial charge on any atom is 0.484 e. The molecule has 0 aromatic rings. The number of allylic oxidation sites excluding steroid dienone is 1. The quantitative estimate of drug-likeness (QED) is 0.400. The van der Waals surface area contributed by atoms with Crippen molar-refractivity contribution in [3.05, 3.63) is 11.5 Å². The van der Waals surface area contributed by atoms with Crippen molar-refractivity contribution >= 4 is 13.0 Å². The van der Waals surface area contributed by atoms with Gasteiger partial charge in [-0.3, -0.25) is 4.79 Å². The van der Waals surface area contributed by atoms with Gasteiger partial charge in [0.1, 0.15) is 0 Å². The first-order valence-electron chi connectivity index (χ1n) is 3.20. The van der Waals surface area contributed by atoms with Crippen molar-refractivity contribution in [2.45, 2.75) is 6.92 Å². The van der Waals surface area contributed by atoms with Crippen LogP contribution in [0.15, 0.2) is 11.5 Å². The lowest BCUT2D eigenvalue weighted by atomic mass is 9.80. The van der Waals surface area contributed by atoms with Crippen LogP contribution < -0.4 is 0 Å². The highest BCUT2D eigenvalue weighted by molar-refractivity contribution is 6.51. The molecule has 4 nitrogen and oxygen atoms in total. The molecule has 0 spiro atoms. The first-order valence-corrected chi connectivity index (χ1v) is 3.20. The third kappa shape index (κ3) is 3.80. The normalized spacial score (nSPS) is 11.2. The van der Waals surface area contributed by atoms with E-state index in [9.17, 15) is 4.79 Å². The molecule has 0 aliphatic rings. The zero-order valence-corrected chi connectivity index (χ0v) is 6.90. The van der Waals surface area contributed by atoms with E-state index in [1.54, 1.807) is 14.1 Å². The Labute approximate surface area is 66.3 Å². The molecule has 0 radical (unpaired) electrons. The summed E-state index contributed by atoms with van der Waals surface area (Å²) >= 11 is 0. The second kappa shape index (κ2) is 4.15. The Bertz CT molecular complexity index is 177. The molecule has 0 fully saturated rings. The van der Waals surface area contributed by atoms with Crippen LogP contribution in [0.4, 0.5) is 0 Å². The van der Waals surface area contributed by atoms with E-state index in [0.29, 0.717) is 0 Å². The highest BCUT2D eigenvalue weighted by atomic mass is 16.4. The van der Waals surface area contributed by atoms with Gasteiger partial charge in [-0.15, -0.1) is 0 Å². The van der Waals surface area contributed by atoms with Crippen LogP contribution in [0.2, 0.25) is 0 Å². The van der Waals surface area contributed by atoms with Crippen molar-refractivity contribution in [1.82, 2.24) is 4.90 Å². The number of likely N-dealkylation sites (N-methyl/N-ethyl adjacent to an activating group) is 1. The van der Waals surface area contributed by atoms with E-state index in [1.165, 1.54) is 17.9 Å². The number of amides is 1. The van der Waals surface area contributed by atoms with Gasteiger partial charge >= 0.3 is 7.12 Å². The van der Waals surface area contributed by atoms with Crippen LogP contribution in [0.3, 0.4) is 0 Å². The van der Waals surface area contributed by atoms with Crippen LogP contribution in [0, 0.1) is 0 Å². The summed E-state index contributed by atoms with van der Waals surface area (Å²) < 4.78 is 0. The number of rotatable bonds is 2. The van der Waals surface area contributed by atoms with Crippen molar-refractivity contribution in [3.63, 3.8) is 0 Å². The van der Waals surface area contributed by atoms with Crippen molar-refractivity contribution in [2.24, 2.45) is 0 Å². The molecule has 0 saturated carbocycles. The van der Waals surface area contributed by atoms with Gasteiger partial charge in [0.2, 0.25) is 5.91 Å². The predicted octanol–water partition coefficient (Wildman–Crippen LogP) is -0.967. The summed E-state index contributed by atoms with van der Waals surface area (Å²) in [5.74, 6) is -0.254. The lowest BCUT2D eigenvalue weighted by molar-refractivity contribution is -0.123. The van der Waals surface area contributed by atoms with Gasteiger partial charge in [-0.1, -0.05) is 0 Å². The molecule has 0 aliphatic heterocycles. The Hall–Kier alpha value is -0.805. The average molecular weight is 157 g/mol. The Morgan fingerprint density at radius 3 is 2.18 bits per heavy atom. The van der Waals surface area contributed by atoms with Gasteiger partial charge in [-0.25, -0.2) is 0 Å². The zero-order chi connectivity index (χ0) is 9.02. The van der Waals surface area contributed by atoms with Crippen molar-refractivity contribution in [1.29, 1.82) is 0 Å². The summed E-state index contributed by atoms with van der Waals surface area (Å²) in [7, 11) is 1.64. The molecule has 0 aromatic heterocycles. The van der Waals surface area contributed by atoms with Crippen LogP contribution in [0.25, 0.3) is 0 Å². The number of hydrogen-bond acceptors (Lipinski definition) is 3. The molecule has 11 heavy (non-hydrogen) atoms. The number of carbonyl (C=O) groups excluding carboxylic acids is 1. The third-order valence-corrected chi connectivity index (χ3v) is 1.20. The molecule has 0 bridgehead atoms. The van der Waals surface area contributed by atoms with Crippen LogP contribution >= 0.6 is 0 Å². The van der Waals surface area contributed by atoms with Gasteiger partial charge in [0.25, 0.3) is 0 Å². The van der Waals surface area contributed by atoms with Crippen LogP contribution in [0.5, 0.6) is 0 Å². The fourth-order valence-electron chi connectivity index (χ4n) is 0.398. The topological polar surface area (TPSA) is 60.8 Å². The smallest absolute Gasteiger partial charge is 0.423 e. The Morgan fingerprint density at radius 2 is 1.91 bits per heavy atom. The molecule has 0 atom stereocenters. The largest absolute Gasteiger partial charge is 0.484 e. The Balaban J connectivity index is 4.20. The minimum absolute atomic E-state index is 0.240. The number of carbonyl (C=O) groups is 1. The number of nitrogens with zero attached hydrogens (tertiary/aromatic N) is 1. The van der Waals surface area contributed by atoms with Gasteiger partial charge in [-0.05, 0) is 18.5 Å². The molecular formula is C6H12BNO3. The predicted molar refractivity (Wildman–Crippen MR) is 42.6 cm³/mol. The third-order valence-electron chi connectivity index (χ3n) is 1.20. The molecule has 0 heterocycles. The monoisotopic (exact) mass is 157 g/mol. The molecular weight excluding hydrogens is 145 g/mol. The lowest BCUT2D eigenvalue weighted by Gasteiger charge is -2.06.